The number of nitrogens with two attached hydrogens (primary N) is 2. The molecule has 2 aliphatic rings. The van der Waals surface area contributed by atoms with Crippen LogP contribution in [0, 0.1) is 0 Å². The van der Waals surface area contributed by atoms with Crippen molar-refractivity contribution in [1.82, 2.24) is 0 Å². The first-order chi connectivity index (χ1) is 21.4. The van der Waals surface area contributed by atoms with Crippen molar-refractivity contribution in [3.63, 3.8) is 0 Å². The van der Waals surface area contributed by atoms with Crippen molar-refractivity contribution in [2.75, 3.05) is 11.5 Å². The normalized spacial score (nSPS) is 12.1. The third-order valence-electron chi connectivity index (χ3n) is 6.98. The van der Waals surface area contributed by atoms with Crippen molar-refractivity contribution in [3.8, 4) is 23.0 Å². The first kappa shape index (κ1) is 29.3. The Labute approximate surface area is 257 Å². The van der Waals surface area contributed by atoms with E-state index >= 15 is 0 Å². The molecular weight excluding hydrogens is 592 g/mol. The summed E-state index contributed by atoms with van der Waals surface area (Å²) >= 11 is 0. The van der Waals surface area contributed by atoms with E-state index in [1.165, 1.54) is 0 Å². The van der Waals surface area contributed by atoms with Gasteiger partial charge in [-0.15, -0.1) is 0 Å². The summed E-state index contributed by atoms with van der Waals surface area (Å²) in [6.45, 7) is 7.81. The number of nitrogens with zero attached hydrogens (tertiary/aromatic N) is 2. The molecule has 0 bridgehead atoms. The summed E-state index contributed by atoms with van der Waals surface area (Å²) in [6, 6.07) is 31.0. The lowest BCUT2D eigenvalue weighted by atomic mass is 10.1. The van der Waals surface area contributed by atoms with E-state index < -0.39 is 10.4 Å². The number of nitrogen functional groups attached to an aromatic ring is 2. The molecule has 45 heavy (non-hydrogen) atoms. The summed E-state index contributed by atoms with van der Waals surface area (Å²) in [5, 5.41) is 7.44. The molecule has 0 saturated carbocycles. The molecule has 0 spiro atoms. The minimum absolute atomic E-state index is 0.694. The Balaban J connectivity index is 0.000000139. The van der Waals surface area contributed by atoms with Crippen molar-refractivity contribution in [1.29, 1.82) is 0 Å². The second kappa shape index (κ2) is 11.4. The Bertz CT molecular complexity index is 2330. The first-order valence-corrected chi connectivity index (χ1v) is 14.8. The van der Waals surface area contributed by atoms with Gasteiger partial charge in [-0.2, -0.15) is 0 Å². The van der Waals surface area contributed by atoms with Crippen LogP contribution in [0.1, 0.15) is 0 Å². The highest BCUT2D eigenvalue weighted by Crippen LogP contribution is 2.43. The predicted molar refractivity (Wildman–Crippen MR) is 174 cm³/mol. The quantitative estimate of drug-likeness (QED) is 0.124. The highest BCUT2D eigenvalue weighted by atomic mass is 32.3. The van der Waals surface area contributed by atoms with Gasteiger partial charge in [0.2, 0.25) is 10.4 Å². The average molecular weight is 618 g/mol. The zero-order valence-corrected chi connectivity index (χ0v) is 24.4. The number of rotatable bonds is 0. The first-order valence-electron chi connectivity index (χ1n) is 13.5. The molecule has 0 unspecified atom stereocenters. The molecule has 2 aliphatic heterocycles. The summed E-state index contributed by atoms with van der Waals surface area (Å²) in [5.41, 5.74) is 15.3. The minimum Gasteiger partial charge on any atom is -0.726 e. The predicted octanol–water partition coefficient (Wildman–Crippen LogP) is 4.78. The van der Waals surface area contributed by atoms with Gasteiger partial charge in [0.05, 0.1) is 0 Å². The monoisotopic (exact) mass is 617 g/mol. The molecule has 10 nitrogen and oxygen atoms in total. The number of fused-ring (bicyclic) bond motifs is 8. The van der Waals surface area contributed by atoms with E-state index in [0.717, 1.165) is 65.6 Å². The largest absolute Gasteiger partial charge is 0.726 e. The lowest BCUT2D eigenvalue weighted by Crippen LogP contribution is -2.13. The van der Waals surface area contributed by atoms with E-state index in [1.807, 2.05) is 97.1 Å². The van der Waals surface area contributed by atoms with E-state index in [2.05, 4.69) is 13.2 Å². The Morgan fingerprint density at radius 2 is 0.956 bits per heavy atom. The summed E-state index contributed by atoms with van der Waals surface area (Å²) in [6.07, 6.45) is 0. The van der Waals surface area contributed by atoms with Crippen LogP contribution < -0.4 is 42.1 Å². The van der Waals surface area contributed by atoms with Gasteiger partial charge in [0.1, 0.15) is 22.1 Å². The fourth-order valence-electron chi connectivity index (χ4n) is 5.05. The van der Waals surface area contributed by atoms with Crippen LogP contribution in [0.25, 0.3) is 34.7 Å². The molecule has 6 aromatic rings. The van der Waals surface area contributed by atoms with Crippen molar-refractivity contribution in [2.45, 2.75) is 0 Å². The van der Waals surface area contributed by atoms with Crippen LogP contribution >= 0.6 is 0 Å². The topological polar surface area (TPSA) is 173 Å². The standard InChI is InChI=1S/2C17H12N2O.H2O4S/c2*1-10-6-7-14-15(8-10)20-16-9-13(18)11-4-2-3-5-12(11)17(16)19-14;1-5(2,3)4/h2*2-9H,1,18H2;(H2,1,2,3,4)/p-1. The zero-order chi connectivity index (χ0) is 31.9. The molecule has 0 fully saturated rings. The molecule has 0 amide bonds. The number of anilines is 2. The van der Waals surface area contributed by atoms with Crippen LogP contribution in [-0.2, 0) is 10.4 Å². The second-order valence-electron chi connectivity index (χ2n) is 10.2. The summed E-state index contributed by atoms with van der Waals surface area (Å²) in [7, 11) is -4.92. The van der Waals surface area contributed by atoms with E-state index in [4.69, 9.17) is 48.4 Å². The van der Waals surface area contributed by atoms with Gasteiger partial charge in [-0.1, -0.05) is 73.8 Å². The van der Waals surface area contributed by atoms with Crippen LogP contribution in [0.4, 0.5) is 22.7 Å². The highest BCUT2D eigenvalue weighted by molar-refractivity contribution is 7.79. The van der Waals surface area contributed by atoms with Crippen LogP contribution in [0.2, 0.25) is 0 Å². The molecule has 2 heterocycles. The molecule has 8 rings (SSSR count). The minimum atomic E-state index is -4.92. The Morgan fingerprint density at radius 3 is 1.33 bits per heavy atom. The highest BCUT2D eigenvalue weighted by Gasteiger charge is 2.18. The van der Waals surface area contributed by atoms with Gasteiger partial charge in [-0.3, -0.25) is 4.55 Å². The second-order valence-corrected chi connectivity index (χ2v) is 11.0. The van der Waals surface area contributed by atoms with Gasteiger partial charge >= 0.3 is 0 Å². The molecule has 0 atom stereocenters. The van der Waals surface area contributed by atoms with Gasteiger partial charge in [0, 0.05) is 45.1 Å². The Kier molecular flexibility index (Phi) is 7.43. The number of hydrogen-bond acceptors (Lipinski definition) is 9. The van der Waals surface area contributed by atoms with Crippen molar-refractivity contribution in [2.24, 2.45) is 9.98 Å². The third-order valence-corrected chi connectivity index (χ3v) is 6.98. The van der Waals surface area contributed by atoms with E-state index in [1.54, 1.807) is 0 Å². The molecule has 6 aromatic carbocycles. The summed E-state index contributed by atoms with van der Waals surface area (Å²) in [4.78, 5) is 9.42. The summed E-state index contributed by atoms with van der Waals surface area (Å²) < 4.78 is 44.7. The lowest BCUT2D eigenvalue weighted by Gasteiger charge is -2.17. The lowest BCUT2D eigenvalue weighted by molar-refractivity contribution is 0.366. The van der Waals surface area contributed by atoms with Crippen molar-refractivity contribution >= 4 is 67.9 Å². The van der Waals surface area contributed by atoms with Gasteiger partial charge in [-0.25, -0.2) is 18.4 Å². The molecule has 0 aromatic heterocycles. The molecule has 11 heteroatoms. The maximum Gasteiger partial charge on any atom is 0.215 e. The molecule has 0 radical (unpaired) electrons. The van der Waals surface area contributed by atoms with Crippen LogP contribution in [0.3, 0.4) is 0 Å². The van der Waals surface area contributed by atoms with Crippen LogP contribution in [-0.4, -0.2) is 17.5 Å². The van der Waals surface area contributed by atoms with Crippen molar-refractivity contribution < 1.29 is 27.0 Å². The molecule has 5 N–H and O–H groups in total. The van der Waals surface area contributed by atoms with Gasteiger partial charge < -0.3 is 25.5 Å². The third kappa shape index (κ3) is 6.17. The van der Waals surface area contributed by atoms with Gasteiger partial charge in [-0.05, 0) is 34.7 Å². The van der Waals surface area contributed by atoms with Gasteiger partial charge in [0.25, 0.3) is 0 Å². The number of hydrogen-bond donors (Lipinski definition) is 3. The van der Waals surface area contributed by atoms with E-state index in [-0.39, 0.29) is 0 Å². The fraction of sp³-hybridized carbons (Fsp3) is 0. The van der Waals surface area contributed by atoms with E-state index in [9.17, 15) is 0 Å². The Morgan fingerprint density at radius 1 is 0.600 bits per heavy atom. The molecular formula is C34H25N4O6S-. The fourth-order valence-corrected chi connectivity index (χ4v) is 5.05. The SMILES string of the molecule is C=c1ccc2c(c1)Oc1cc(N)c3ccccc3c1N=2.C=c1ccc2c(c1)Oc1cc(N)c3ccccc3c1N=2.O=S(=O)([O-])O. The van der Waals surface area contributed by atoms with Crippen molar-refractivity contribution in [3.05, 3.63) is 118 Å². The average Bonchev–Trinajstić information content (AvgIpc) is 2.99. The van der Waals surface area contributed by atoms with Crippen LogP contribution in [0.15, 0.2) is 107 Å². The Hall–Kier alpha value is -5.75. The number of benzene rings is 6. The molecule has 0 aliphatic carbocycles. The van der Waals surface area contributed by atoms with Gasteiger partial charge in [0.15, 0.2) is 23.0 Å². The smallest absolute Gasteiger partial charge is 0.215 e. The van der Waals surface area contributed by atoms with E-state index in [0.29, 0.717) is 22.9 Å². The maximum absolute atomic E-state index is 8.63. The summed E-state index contributed by atoms with van der Waals surface area (Å²) in [5.74, 6) is 2.83. The number of ether oxygens (including phenoxy) is 2. The molecule has 0 saturated heterocycles. The van der Waals surface area contributed by atoms with Crippen LogP contribution in [0.5, 0.6) is 23.0 Å². The maximum atomic E-state index is 8.63. The molecule has 224 valence electrons. The zero-order valence-electron chi connectivity index (χ0n) is 23.6.